The molecule has 2 aromatic rings. The van der Waals surface area contributed by atoms with E-state index in [1.54, 1.807) is 7.11 Å². The van der Waals surface area contributed by atoms with Crippen molar-refractivity contribution in [2.75, 3.05) is 7.11 Å². The molecule has 1 aromatic heterocycles. The third-order valence-electron chi connectivity index (χ3n) is 2.65. The maximum atomic E-state index is 5.29. The summed E-state index contributed by atoms with van der Waals surface area (Å²) in [7, 11) is 1.68. The minimum atomic E-state index is 0.740. The third kappa shape index (κ3) is 2.47. The van der Waals surface area contributed by atoms with Gasteiger partial charge in [-0.3, -0.25) is 0 Å². The van der Waals surface area contributed by atoms with Crippen LogP contribution < -0.4 is 4.74 Å². The Kier molecular flexibility index (Phi) is 3.43. The third-order valence-corrected chi connectivity index (χ3v) is 3.07. The largest absolute Gasteiger partial charge is 0.496 e. The van der Waals surface area contributed by atoms with Gasteiger partial charge in [0.05, 0.1) is 12.8 Å². The van der Waals surface area contributed by atoms with Gasteiger partial charge in [-0.2, -0.15) is 0 Å². The molecule has 2 rings (SSSR count). The van der Waals surface area contributed by atoms with Gasteiger partial charge in [-0.05, 0) is 65.2 Å². The molecule has 88 valence electrons. The second-order valence-corrected chi connectivity index (χ2v) is 4.69. The fourth-order valence-corrected chi connectivity index (χ4v) is 1.96. The van der Waals surface area contributed by atoms with Crippen LogP contribution >= 0.6 is 15.9 Å². The first-order valence-corrected chi connectivity index (χ1v) is 6.06. The average Bonchev–Trinajstić information content (AvgIpc) is 2.33. The number of hydrogen-bond acceptors (Lipinski definition) is 3. The molecule has 1 heterocycles. The van der Waals surface area contributed by atoms with Crippen LogP contribution in [0, 0.1) is 13.8 Å². The van der Waals surface area contributed by atoms with Gasteiger partial charge in [-0.1, -0.05) is 0 Å². The Labute approximate surface area is 109 Å². The fourth-order valence-electron chi connectivity index (χ4n) is 1.75. The van der Waals surface area contributed by atoms with Crippen molar-refractivity contribution in [2.24, 2.45) is 0 Å². The quantitative estimate of drug-likeness (QED) is 0.849. The van der Waals surface area contributed by atoms with Gasteiger partial charge in [-0.25, -0.2) is 0 Å². The number of halogens is 1. The Morgan fingerprint density at radius 1 is 1.06 bits per heavy atom. The number of nitrogens with zero attached hydrogens (tertiary/aromatic N) is 2. The highest BCUT2D eigenvalue weighted by molar-refractivity contribution is 9.10. The molecule has 0 spiro atoms. The molecule has 4 heteroatoms. The summed E-state index contributed by atoms with van der Waals surface area (Å²) in [5.74, 6) is 0.899. The van der Waals surface area contributed by atoms with Gasteiger partial charge in [0.2, 0.25) is 0 Å². The molecule has 3 nitrogen and oxygen atoms in total. The Balaban J connectivity index is 2.52. The number of hydrogen-bond donors (Lipinski definition) is 0. The van der Waals surface area contributed by atoms with E-state index in [0.29, 0.717) is 0 Å². The van der Waals surface area contributed by atoms with E-state index in [4.69, 9.17) is 4.74 Å². The number of aryl methyl sites for hydroxylation is 2. The highest BCUT2D eigenvalue weighted by Crippen LogP contribution is 2.28. The monoisotopic (exact) mass is 292 g/mol. The predicted octanol–water partition coefficient (Wildman–Crippen LogP) is 3.53. The highest BCUT2D eigenvalue weighted by Gasteiger charge is 2.08. The van der Waals surface area contributed by atoms with Crippen molar-refractivity contribution < 1.29 is 4.74 Å². The summed E-state index contributed by atoms with van der Waals surface area (Å²) < 4.78 is 6.03. The number of aromatic nitrogens is 2. The van der Waals surface area contributed by atoms with E-state index in [2.05, 4.69) is 32.2 Å². The molecule has 0 saturated heterocycles. The Hall–Kier alpha value is -1.42. The summed E-state index contributed by atoms with van der Waals surface area (Å²) in [6.07, 6.45) is 0. The second-order valence-electron chi connectivity index (χ2n) is 3.88. The normalized spacial score (nSPS) is 10.4. The Morgan fingerprint density at radius 2 is 1.82 bits per heavy atom. The molecule has 0 aliphatic carbocycles. The zero-order valence-corrected chi connectivity index (χ0v) is 11.6. The number of methoxy groups -OCH3 is 1. The lowest BCUT2D eigenvalue weighted by molar-refractivity contribution is 0.411. The van der Waals surface area contributed by atoms with Crippen LogP contribution in [0.4, 0.5) is 0 Å². The minimum Gasteiger partial charge on any atom is -0.496 e. The van der Waals surface area contributed by atoms with E-state index in [1.807, 2.05) is 32.0 Å². The molecule has 0 aliphatic rings. The molecule has 0 bridgehead atoms. The summed E-state index contributed by atoms with van der Waals surface area (Å²) in [6.45, 7) is 4.06. The minimum absolute atomic E-state index is 0.740. The summed E-state index contributed by atoms with van der Waals surface area (Å²) in [5, 5.41) is 8.17. The van der Waals surface area contributed by atoms with Gasteiger partial charge in [0.15, 0.2) is 0 Å². The van der Waals surface area contributed by atoms with Crippen LogP contribution in [0.15, 0.2) is 28.9 Å². The van der Waals surface area contributed by atoms with Crippen LogP contribution in [0.25, 0.3) is 11.3 Å². The Morgan fingerprint density at radius 3 is 2.41 bits per heavy atom. The van der Waals surface area contributed by atoms with Gasteiger partial charge in [0.1, 0.15) is 10.4 Å². The summed E-state index contributed by atoms with van der Waals surface area (Å²) >= 11 is 3.28. The molecule has 0 amide bonds. The molecule has 17 heavy (non-hydrogen) atoms. The summed E-state index contributed by atoms with van der Waals surface area (Å²) in [5.41, 5.74) is 4.18. The fraction of sp³-hybridized carbons (Fsp3) is 0.231. The smallest absolute Gasteiger partial charge is 0.128 e. The molecule has 0 unspecified atom stereocenters. The molecule has 0 fully saturated rings. The van der Waals surface area contributed by atoms with E-state index >= 15 is 0 Å². The lowest BCUT2D eigenvalue weighted by Crippen LogP contribution is -1.94. The van der Waals surface area contributed by atoms with E-state index in [-0.39, 0.29) is 0 Å². The molecule has 0 atom stereocenters. The van der Waals surface area contributed by atoms with Crippen LogP contribution in [0.3, 0.4) is 0 Å². The van der Waals surface area contributed by atoms with Gasteiger partial charge < -0.3 is 4.74 Å². The lowest BCUT2D eigenvalue weighted by Gasteiger charge is -2.10. The van der Waals surface area contributed by atoms with Crippen LogP contribution in [-0.2, 0) is 0 Å². The van der Waals surface area contributed by atoms with Crippen molar-refractivity contribution in [3.63, 3.8) is 0 Å². The van der Waals surface area contributed by atoms with E-state index in [1.165, 1.54) is 0 Å². The summed E-state index contributed by atoms with van der Waals surface area (Å²) in [4.78, 5) is 0. The summed E-state index contributed by atoms with van der Waals surface area (Å²) in [6, 6.07) is 7.94. The maximum Gasteiger partial charge on any atom is 0.128 e. The van der Waals surface area contributed by atoms with E-state index < -0.39 is 0 Å². The maximum absolute atomic E-state index is 5.29. The molecule has 0 radical (unpaired) electrons. The van der Waals surface area contributed by atoms with Gasteiger partial charge in [-0.15, -0.1) is 10.2 Å². The van der Waals surface area contributed by atoms with E-state index in [0.717, 1.165) is 32.7 Å². The highest BCUT2D eigenvalue weighted by atomic mass is 79.9. The van der Waals surface area contributed by atoms with Crippen molar-refractivity contribution in [2.45, 2.75) is 13.8 Å². The molecule has 0 aliphatic heterocycles. The van der Waals surface area contributed by atoms with Gasteiger partial charge in [0, 0.05) is 5.56 Å². The molecular formula is C13H13BrN2O. The first-order chi connectivity index (χ1) is 8.11. The van der Waals surface area contributed by atoms with Crippen molar-refractivity contribution in [1.82, 2.24) is 10.2 Å². The standard InChI is InChI=1S/C13H13BrN2O/c1-8-7-12(17-3)9(2)6-10(8)11-4-5-13(14)16-15-11/h4-7H,1-3H3. The second kappa shape index (κ2) is 4.84. The molecule has 0 saturated carbocycles. The number of benzene rings is 1. The lowest BCUT2D eigenvalue weighted by atomic mass is 10.0. The van der Waals surface area contributed by atoms with Crippen LogP contribution in [0.1, 0.15) is 11.1 Å². The van der Waals surface area contributed by atoms with Crippen LogP contribution in [0.5, 0.6) is 5.75 Å². The topological polar surface area (TPSA) is 35.0 Å². The zero-order chi connectivity index (χ0) is 12.4. The molecule has 1 aromatic carbocycles. The zero-order valence-electron chi connectivity index (χ0n) is 9.99. The average molecular weight is 293 g/mol. The van der Waals surface area contributed by atoms with Crippen LogP contribution in [-0.4, -0.2) is 17.3 Å². The van der Waals surface area contributed by atoms with Crippen LogP contribution in [0.2, 0.25) is 0 Å². The van der Waals surface area contributed by atoms with Gasteiger partial charge >= 0.3 is 0 Å². The van der Waals surface area contributed by atoms with E-state index in [9.17, 15) is 0 Å². The predicted molar refractivity (Wildman–Crippen MR) is 71.2 cm³/mol. The SMILES string of the molecule is COc1cc(C)c(-c2ccc(Br)nn2)cc1C. The first kappa shape index (κ1) is 12.0. The first-order valence-electron chi connectivity index (χ1n) is 5.26. The van der Waals surface area contributed by atoms with Crippen molar-refractivity contribution in [3.8, 4) is 17.0 Å². The van der Waals surface area contributed by atoms with Crippen molar-refractivity contribution in [3.05, 3.63) is 40.0 Å². The Bertz CT molecular complexity index is 538. The molecular weight excluding hydrogens is 280 g/mol. The van der Waals surface area contributed by atoms with Crippen molar-refractivity contribution >= 4 is 15.9 Å². The van der Waals surface area contributed by atoms with Gasteiger partial charge in [0.25, 0.3) is 0 Å². The molecule has 0 N–H and O–H groups in total. The van der Waals surface area contributed by atoms with Crippen molar-refractivity contribution in [1.29, 1.82) is 0 Å². The number of ether oxygens (including phenoxy) is 1. The number of rotatable bonds is 2.